The molecule has 2 atom stereocenters. The molecule has 0 bridgehead atoms. The first kappa shape index (κ1) is 80.4. The summed E-state index contributed by atoms with van der Waals surface area (Å²) in [5, 5.41) is 20.9. The van der Waals surface area contributed by atoms with Crippen LogP contribution >= 0.6 is 0 Å². The molecule has 0 radical (unpaired) electrons. The van der Waals surface area contributed by atoms with E-state index in [0.29, 0.717) is 12.8 Å². The van der Waals surface area contributed by atoms with Gasteiger partial charge in [0.05, 0.1) is 0 Å². The molecule has 0 aromatic rings. The van der Waals surface area contributed by atoms with Gasteiger partial charge in [-0.25, -0.2) is 0 Å². The van der Waals surface area contributed by atoms with Crippen LogP contribution in [0, 0.1) is 0 Å². The zero-order chi connectivity index (χ0) is 55.9. The Morgan fingerprint density at radius 2 is 0.403 bits per heavy atom. The molecule has 0 fully saturated rings. The van der Waals surface area contributed by atoms with E-state index in [1.807, 2.05) is 0 Å². The molecule has 0 aliphatic rings. The number of rotatable bonds is 62. The fraction of sp³-hybridized carbons (Fsp3) is 0.941. The van der Waals surface area contributed by atoms with E-state index in [9.17, 15) is 29.4 Å². The quantitative estimate of drug-likeness (QED) is 0.0334. The van der Waals surface area contributed by atoms with Crippen LogP contribution in [0.2, 0.25) is 0 Å². The Labute approximate surface area is 509 Å². The van der Waals surface area contributed by atoms with Crippen molar-refractivity contribution in [2.75, 3.05) is 0 Å². The summed E-state index contributed by atoms with van der Waals surface area (Å²) in [4.78, 5) is 45.8. The number of hydrogen-bond donors (Lipinski definition) is 0. The summed E-state index contributed by atoms with van der Waals surface area (Å²) in [6, 6.07) is 0. The van der Waals surface area contributed by atoms with E-state index in [1.54, 1.807) is 0 Å². The van der Waals surface area contributed by atoms with Crippen LogP contribution in [0.15, 0.2) is 0 Å². The minimum Gasteiger partial charge on any atom is -0.550 e. The fourth-order valence-corrected chi connectivity index (χ4v) is 10.6. The zero-order valence-corrected chi connectivity index (χ0v) is 54.3. The number of carboxylic acids is 2. The first-order chi connectivity index (χ1) is 37.2. The number of aliphatic carboxylic acids is 2. The van der Waals surface area contributed by atoms with Crippen LogP contribution in [-0.4, -0.2) is 73.8 Å². The second-order valence-electron chi connectivity index (χ2n) is 23.4. The van der Waals surface area contributed by atoms with Gasteiger partial charge in [-0.05, 0) is 89.9 Å². The summed E-state index contributed by atoms with van der Waals surface area (Å²) in [6.45, 7) is 9.02. The number of carboxylic acid groups (broad SMARTS) is 2. The average Bonchev–Trinajstić information content (AvgIpc) is 3.40. The minimum atomic E-state index is -0.931. The summed E-state index contributed by atoms with van der Waals surface area (Å²) >= 11 is 0. The van der Waals surface area contributed by atoms with Crippen molar-refractivity contribution < 1.29 is 38.9 Å². The molecule has 2 unspecified atom stereocenters. The molecule has 77 heavy (non-hydrogen) atoms. The van der Waals surface area contributed by atoms with E-state index in [-0.39, 0.29) is 74.7 Å². The number of carbonyl (C=O) groups is 4. The van der Waals surface area contributed by atoms with Gasteiger partial charge in [-0.15, -0.1) is 0 Å². The molecule has 0 heterocycles. The Morgan fingerprint density at radius 3 is 0.597 bits per heavy atom. The van der Waals surface area contributed by atoms with Gasteiger partial charge < -0.3 is 29.3 Å². The molecule has 0 amide bonds. The van der Waals surface area contributed by atoms with Gasteiger partial charge in [0.1, 0.15) is 12.2 Å². The van der Waals surface area contributed by atoms with Crippen LogP contribution in [0.1, 0.15) is 400 Å². The van der Waals surface area contributed by atoms with E-state index in [1.165, 1.54) is 231 Å². The van der Waals surface area contributed by atoms with Crippen molar-refractivity contribution in [2.24, 2.45) is 0 Å². The predicted molar refractivity (Wildman–Crippen MR) is 326 cm³/mol. The first-order valence-electron chi connectivity index (χ1n) is 34.0. The number of unbranched alkanes of at least 4 members (excludes halogenated alkanes) is 44. The van der Waals surface area contributed by atoms with Crippen LogP contribution in [0.5, 0.6) is 0 Å². The Morgan fingerprint density at radius 1 is 0.247 bits per heavy atom. The SMILES string of the molecule is CCCCCCCCCCCCCCCC(=O)OC(CCCCCC)CCCCCCCCCCC(=O)[O-].CCCCCCCCCCCCCCCC(=O)OC(CCCCCC)CCCCCCCCCCC(=O)[O-].[Ca+2]. The third-order valence-electron chi connectivity index (χ3n) is 15.6. The first-order valence-corrected chi connectivity index (χ1v) is 34.0. The van der Waals surface area contributed by atoms with Gasteiger partial charge in [0, 0.05) is 24.8 Å². The smallest absolute Gasteiger partial charge is 0.550 e. The number of carbonyl (C=O) groups excluding carboxylic acids is 4. The third kappa shape index (κ3) is 71.2. The molecule has 0 rings (SSSR count). The maximum Gasteiger partial charge on any atom is 2.00 e. The van der Waals surface area contributed by atoms with Crippen molar-refractivity contribution in [3.8, 4) is 0 Å². The van der Waals surface area contributed by atoms with Crippen molar-refractivity contribution in [1.29, 1.82) is 0 Å². The average molecular weight is 1120 g/mol. The number of esters is 2. The molecular weight excluding hydrogens is 985 g/mol. The van der Waals surface area contributed by atoms with Gasteiger partial charge in [0.2, 0.25) is 0 Å². The molecule has 452 valence electrons. The maximum absolute atomic E-state index is 12.5. The van der Waals surface area contributed by atoms with Crippen molar-refractivity contribution >= 4 is 61.6 Å². The number of hydrogen-bond acceptors (Lipinski definition) is 8. The van der Waals surface area contributed by atoms with Crippen molar-refractivity contribution in [1.82, 2.24) is 0 Å². The van der Waals surface area contributed by atoms with Gasteiger partial charge >= 0.3 is 49.7 Å². The minimum absolute atomic E-state index is 0. The van der Waals surface area contributed by atoms with E-state index >= 15 is 0 Å². The van der Waals surface area contributed by atoms with E-state index in [0.717, 1.165) is 116 Å². The Hall–Kier alpha value is -0.860. The molecule has 8 nitrogen and oxygen atoms in total. The molecule has 9 heteroatoms. The number of ether oxygens (including phenoxy) is 2. The third-order valence-corrected chi connectivity index (χ3v) is 15.6. The summed E-state index contributed by atoms with van der Waals surface area (Å²) in [5.41, 5.74) is 0. The van der Waals surface area contributed by atoms with E-state index in [4.69, 9.17) is 9.47 Å². The van der Waals surface area contributed by atoms with Crippen molar-refractivity contribution in [3.05, 3.63) is 0 Å². The van der Waals surface area contributed by atoms with Crippen LogP contribution < -0.4 is 10.2 Å². The molecule has 0 aliphatic carbocycles. The topological polar surface area (TPSA) is 133 Å². The Kier molecular flexibility index (Phi) is 72.4. The molecule has 0 aliphatic heterocycles. The van der Waals surface area contributed by atoms with Gasteiger partial charge in [-0.3, -0.25) is 9.59 Å². The molecule has 0 saturated carbocycles. The summed E-state index contributed by atoms with van der Waals surface area (Å²) in [5.74, 6) is -1.83. The van der Waals surface area contributed by atoms with Crippen LogP contribution in [0.3, 0.4) is 0 Å². The predicted octanol–water partition coefficient (Wildman–Crippen LogP) is 19.6. The molecule has 0 aromatic heterocycles. The summed E-state index contributed by atoms with van der Waals surface area (Å²) in [7, 11) is 0. The zero-order valence-electron chi connectivity index (χ0n) is 52.1. The summed E-state index contributed by atoms with van der Waals surface area (Å²) in [6.07, 6.45) is 67.5. The monoisotopic (exact) mass is 1110 g/mol. The largest absolute Gasteiger partial charge is 2.00 e. The molecule has 0 saturated heterocycles. The van der Waals surface area contributed by atoms with E-state index < -0.39 is 11.9 Å². The van der Waals surface area contributed by atoms with E-state index in [2.05, 4.69) is 27.7 Å². The standard InChI is InChI=1S/2C34H66O4.Ca/c2*1-3-5-7-9-10-11-12-13-14-15-20-23-27-31-34(37)38-32(28-24-8-6-4-2)29-25-21-18-16-17-19-22-26-30-33(35)36;/h2*32H,3-31H2,1-2H3,(H,35,36);/q;;+2/p-2. The Bertz CT molecular complexity index is 1110. The van der Waals surface area contributed by atoms with Crippen LogP contribution in [-0.2, 0) is 28.7 Å². The normalized spacial score (nSPS) is 11.9. The van der Waals surface area contributed by atoms with Gasteiger partial charge in [0.15, 0.2) is 0 Å². The maximum atomic E-state index is 12.5. The van der Waals surface area contributed by atoms with Crippen molar-refractivity contribution in [2.45, 2.75) is 412 Å². The second-order valence-corrected chi connectivity index (χ2v) is 23.4. The van der Waals surface area contributed by atoms with Crippen LogP contribution in [0.25, 0.3) is 0 Å². The molecular formula is C68H130CaO8. The van der Waals surface area contributed by atoms with Gasteiger partial charge in [-0.1, -0.05) is 297 Å². The molecule has 0 N–H and O–H groups in total. The van der Waals surface area contributed by atoms with Gasteiger partial charge in [0.25, 0.3) is 0 Å². The van der Waals surface area contributed by atoms with Gasteiger partial charge in [-0.2, -0.15) is 0 Å². The van der Waals surface area contributed by atoms with Crippen LogP contribution in [0.4, 0.5) is 0 Å². The fourth-order valence-electron chi connectivity index (χ4n) is 10.6. The van der Waals surface area contributed by atoms with Crippen molar-refractivity contribution in [3.63, 3.8) is 0 Å². The summed E-state index contributed by atoms with van der Waals surface area (Å²) < 4.78 is 11.9. The molecule has 0 aromatic carbocycles. The Balaban J connectivity index is -0.00000140. The molecule has 0 spiro atoms. The second kappa shape index (κ2) is 69.4.